The SMILES string of the molecule is Fc1ccc(Br)c(CNc2c(Cl)ccc3scnc23)c1. The van der Waals surface area contributed by atoms with Gasteiger partial charge in [0.2, 0.25) is 0 Å². The van der Waals surface area contributed by atoms with E-state index in [4.69, 9.17) is 11.6 Å². The first-order valence-electron chi connectivity index (χ1n) is 5.84. The van der Waals surface area contributed by atoms with E-state index in [0.717, 1.165) is 25.9 Å². The lowest BCUT2D eigenvalue weighted by Gasteiger charge is -2.10. The number of thiazole rings is 1. The summed E-state index contributed by atoms with van der Waals surface area (Å²) in [6.07, 6.45) is 0. The largest absolute Gasteiger partial charge is 0.378 e. The van der Waals surface area contributed by atoms with Crippen LogP contribution in [0.3, 0.4) is 0 Å². The maximum atomic E-state index is 13.3. The topological polar surface area (TPSA) is 24.9 Å². The van der Waals surface area contributed by atoms with Crippen LogP contribution in [0.15, 0.2) is 40.3 Å². The average Bonchev–Trinajstić information content (AvgIpc) is 2.90. The van der Waals surface area contributed by atoms with Crippen LogP contribution in [-0.2, 0) is 6.54 Å². The van der Waals surface area contributed by atoms with Crippen molar-refractivity contribution < 1.29 is 4.39 Å². The maximum absolute atomic E-state index is 13.3. The molecule has 0 amide bonds. The summed E-state index contributed by atoms with van der Waals surface area (Å²) in [5.74, 6) is -0.261. The summed E-state index contributed by atoms with van der Waals surface area (Å²) in [5, 5.41) is 3.85. The number of hydrogen-bond donors (Lipinski definition) is 1. The smallest absolute Gasteiger partial charge is 0.123 e. The van der Waals surface area contributed by atoms with Crippen molar-refractivity contribution >= 4 is 54.8 Å². The monoisotopic (exact) mass is 370 g/mol. The van der Waals surface area contributed by atoms with Crippen LogP contribution in [-0.4, -0.2) is 4.98 Å². The lowest BCUT2D eigenvalue weighted by atomic mass is 10.2. The van der Waals surface area contributed by atoms with Crippen molar-refractivity contribution in [1.29, 1.82) is 0 Å². The minimum atomic E-state index is -0.261. The van der Waals surface area contributed by atoms with Crippen molar-refractivity contribution in [3.05, 3.63) is 56.7 Å². The minimum absolute atomic E-state index is 0.261. The molecular weight excluding hydrogens is 363 g/mol. The molecule has 0 aliphatic rings. The van der Waals surface area contributed by atoms with Gasteiger partial charge < -0.3 is 5.32 Å². The van der Waals surface area contributed by atoms with Crippen molar-refractivity contribution in [3.8, 4) is 0 Å². The second-order valence-electron chi connectivity index (χ2n) is 4.21. The summed E-state index contributed by atoms with van der Waals surface area (Å²) in [7, 11) is 0. The van der Waals surface area contributed by atoms with E-state index in [-0.39, 0.29) is 5.82 Å². The Bertz CT molecular complexity index is 775. The van der Waals surface area contributed by atoms with Crippen molar-refractivity contribution in [2.24, 2.45) is 0 Å². The standard InChI is InChI=1S/C14H9BrClFN2S/c15-10-2-1-9(17)5-8(10)6-18-13-11(16)3-4-12-14(13)19-7-20-12/h1-5,7,18H,6H2. The molecule has 0 bridgehead atoms. The second-order valence-corrected chi connectivity index (χ2v) is 6.36. The Morgan fingerprint density at radius 2 is 2.15 bits per heavy atom. The van der Waals surface area contributed by atoms with E-state index in [0.29, 0.717) is 11.6 Å². The number of nitrogens with one attached hydrogen (secondary N) is 1. The van der Waals surface area contributed by atoms with Gasteiger partial charge in [-0.15, -0.1) is 11.3 Å². The molecule has 2 aromatic carbocycles. The third kappa shape index (κ3) is 2.66. The van der Waals surface area contributed by atoms with Crippen LogP contribution < -0.4 is 5.32 Å². The zero-order chi connectivity index (χ0) is 14.1. The quantitative estimate of drug-likeness (QED) is 0.661. The van der Waals surface area contributed by atoms with E-state index in [1.807, 2.05) is 12.1 Å². The maximum Gasteiger partial charge on any atom is 0.123 e. The van der Waals surface area contributed by atoms with E-state index < -0.39 is 0 Å². The van der Waals surface area contributed by atoms with Gasteiger partial charge in [0.1, 0.15) is 11.3 Å². The van der Waals surface area contributed by atoms with Crippen LogP contribution in [0.25, 0.3) is 10.2 Å². The highest BCUT2D eigenvalue weighted by Gasteiger charge is 2.09. The van der Waals surface area contributed by atoms with Gasteiger partial charge in [-0.05, 0) is 35.9 Å². The molecule has 0 saturated carbocycles. The van der Waals surface area contributed by atoms with Crippen LogP contribution in [0.2, 0.25) is 5.02 Å². The normalized spacial score (nSPS) is 10.9. The molecule has 3 aromatic rings. The number of rotatable bonds is 3. The van der Waals surface area contributed by atoms with Crippen LogP contribution in [0.4, 0.5) is 10.1 Å². The molecule has 0 aliphatic carbocycles. The predicted octanol–water partition coefficient (Wildman–Crippen LogP) is 5.46. The van der Waals surface area contributed by atoms with Gasteiger partial charge in [-0.1, -0.05) is 27.5 Å². The number of fused-ring (bicyclic) bond motifs is 1. The summed E-state index contributed by atoms with van der Waals surface area (Å²) >= 11 is 11.2. The number of benzene rings is 2. The lowest BCUT2D eigenvalue weighted by Crippen LogP contribution is -2.02. The van der Waals surface area contributed by atoms with Gasteiger partial charge in [0.15, 0.2) is 0 Å². The van der Waals surface area contributed by atoms with Crippen LogP contribution in [0.1, 0.15) is 5.56 Å². The summed E-state index contributed by atoms with van der Waals surface area (Å²) < 4.78 is 15.2. The Labute approximate surface area is 132 Å². The first-order chi connectivity index (χ1) is 9.65. The van der Waals surface area contributed by atoms with Crippen molar-refractivity contribution in [2.45, 2.75) is 6.54 Å². The number of halogens is 3. The molecule has 6 heteroatoms. The predicted molar refractivity (Wildman–Crippen MR) is 86.1 cm³/mol. The van der Waals surface area contributed by atoms with E-state index in [1.54, 1.807) is 22.9 Å². The summed E-state index contributed by atoms with van der Waals surface area (Å²) in [6, 6.07) is 8.38. The molecular formula is C14H9BrClFN2S. The molecule has 0 unspecified atom stereocenters. The lowest BCUT2D eigenvalue weighted by molar-refractivity contribution is 0.625. The number of aromatic nitrogens is 1. The number of nitrogens with zero attached hydrogens (tertiary/aromatic N) is 1. The van der Waals surface area contributed by atoms with Crippen molar-refractivity contribution in [1.82, 2.24) is 4.98 Å². The van der Waals surface area contributed by atoms with Gasteiger partial charge in [0.25, 0.3) is 0 Å². The third-order valence-electron chi connectivity index (χ3n) is 2.91. The third-order valence-corrected chi connectivity index (χ3v) is 4.80. The Balaban J connectivity index is 1.92. The van der Waals surface area contributed by atoms with Crippen LogP contribution in [0.5, 0.6) is 0 Å². The van der Waals surface area contributed by atoms with Gasteiger partial charge in [-0.3, -0.25) is 0 Å². The molecule has 0 aliphatic heterocycles. The molecule has 0 atom stereocenters. The first-order valence-corrected chi connectivity index (χ1v) is 7.90. The molecule has 20 heavy (non-hydrogen) atoms. The first kappa shape index (κ1) is 13.8. The molecule has 2 nitrogen and oxygen atoms in total. The molecule has 0 spiro atoms. The van der Waals surface area contributed by atoms with E-state index >= 15 is 0 Å². The number of anilines is 1. The van der Waals surface area contributed by atoms with Crippen LogP contribution in [0, 0.1) is 5.82 Å². The summed E-state index contributed by atoms with van der Waals surface area (Å²) in [6.45, 7) is 0.467. The average molecular weight is 372 g/mol. The Hall–Kier alpha value is -1.17. The molecule has 1 aromatic heterocycles. The van der Waals surface area contributed by atoms with Crippen molar-refractivity contribution in [2.75, 3.05) is 5.32 Å². The summed E-state index contributed by atoms with van der Waals surface area (Å²) in [5.41, 5.74) is 4.23. The fourth-order valence-electron chi connectivity index (χ4n) is 1.94. The molecule has 0 saturated heterocycles. The number of hydrogen-bond acceptors (Lipinski definition) is 3. The molecule has 102 valence electrons. The second kappa shape index (κ2) is 5.68. The van der Waals surface area contributed by atoms with Crippen molar-refractivity contribution in [3.63, 3.8) is 0 Å². The molecule has 0 fully saturated rings. The minimum Gasteiger partial charge on any atom is -0.378 e. The highest BCUT2D eigenvalue weighted by molar-refractivity contribution is 9.10. The summed E-state index contributed by atoms with van der Waals surface area (Å²) in [4.78, 5) is 4.32. The van der Waals surface area contributed by atoms with Gasteiger partial charge >= 0.3 is 0 Å². The van der Waals surface area contributed by atoms with E-state index in [1.165, 1.54) is 12.1 Å². The highest BCUT2D eigenvalue weighted by Crippen LogP contribution is 2.33. The Morgan fingerprint density at radius 1 is 1.30 bits per heavy atom. The van der Waals surface area contributed by atoms with Crippen LogP contribution >= 0.6 is 38.9 Å². The Kier molecular flexibility index (Phi) is 3.92. The van der Waals surface area contributed by atoms with Gasteiger partial charge in [0, 0.05) is 11.0 Å². The van der Waals surface area contributed by atoms with Gasteiger partial charge in [-0.2, -0.15) is 0 Å². The van der Waals surface area contributed by atoms with E-state index in [2.05, 4.69) is 26.2 Å². The Morgan fingerprint density at radius 3 is 3.00 bits per heavy atom. The van der Waals surface area contributed by atoms with Gasteiger partial charge in [-0.25, -0.2) is 9.37 Å². The molecule has 3 rings (SSSR count). The molecule has 1 heterocycles. The highest BCUT2D eigenvalue weighted by atomic mass is 79.9. The zero-order valence-corrected chi connectivity index (χ0v) is 13.3. The zero-order valence-electron chi connectivity index (χ0n) is 10.2. The molecule has 1 N–H and O–H groups in total. The molecule has 0 radical (unpaired) electrons. The fourth-order valence-corrected chi connectivity index (χ4v) is 3.23. The fraction of sp³-hybridized carbons (Fsp3) is 0.0714. The van der Waals surface area contributed by atoms with E-state index in [9.17, 15) is 4.39 Å². The van der Waals surface area contributed by atoms with Gasteiger partial charge in [0.05, 0.1) is 20.9 Å².